The first-order valence-electron chi connectivity index (χ1n) is 14.3. The predicted octanol–water partition coefficient (Wildman–Crippen LogP) is 4.68. The van der Waals surface area contributed by atoms with E-state index in [1.54, 1.807) is 10.7 Å². The third kappa shape index (κ3) is 5.94. The number of aromatic nitrogens is 5. The molecule has 0 bridgehead atoms. The van der Waals surface area contributed by atoms with Gasteiger partial charge in [0.05, 0.1) is 12.1 Å². The SMILES string of the molecule is CCCSc1nc(N[C@@H]2C[C@H]2c2ccc(F)c(F)c2)c2nnn([C@@H]3C[C@H](OCCCC(=O)O)[C@H]4OC(C)(C)O[C@H]43)c2n1. The number of nitrogens with one attached hydrogen (secondary N) is 1. The van der Waals surface area contributed by atoms with Gasteiger partial charge >= 0.3 is 5.97 Å². The van der Waals surface area contributed by atoms with E-state index < -0.39 is 23.4 Å². The van der Waals surface area contributed by atoms with Crippen molar-refractivity contribution in [3.8, 4) is 0 Å². The fourth-order valence-corrected chi connectivity index (χ4v) is 6.50. The zero-order valence-corrected chi connectivity index (χ0v) is 24.4. The second-order valence-electron chi connectivity index (χ2n) is 11.5. The number of carboxylic acids is 1. The Kier molecular flexibility index (Phi) is 8.07. The minimum Gasteiger partial charge on any atom is -0.481 e. The Bertz CT molecular complexity index is 1470. The highest BCUT2D eigenvalue weighted by atomic mass is 32.2. The van der Waals surface area contributed by atoms with Gasteiger partial charge in [0.25, 0.3) is 0 Å². The molecule has 6 atom stereocenters. The van der Waals surface area contributed by atoms with Crippen molar-refractivity contribution >= 4 is 34.7 Å². The molecule has 2 N–H and O–H groups in total. The average Bonchev–Trinajstić information content (AvgIpc) is 3.28. The highest BCUT2D eigenvalue weighted by Crippen LogP contribution is 2.47. The summed E-state index contributed by atoms with van der Waals surface area (Å²) in [6.45, 7) is 6.09. The topological polar surface area (TPSA) is 134 Å². The van der Waals surface area contributed by atoms with Crippen molar-refractivity contribution in [3.63, 3.8) is 0 Å². The van der Waals surface area contributed by atoms with E-state index in [1.165, 1.54) is 17.8 Å². The van der Waals surface area contributed by atoms with E-state index in [0.29, 0.717) is 41.6 Å². The number of carbonyl (C=O) groups is 1. The highest BCUT2D eigenvalue weighted by molar-refractivity contribution is 7.99. The molecule has 0 amide bonds. The summed E-state index contributed by atoms with van der Waals surface area (Å²) in [7, 11) is 0. The summed E-state index contributed by atoms with van der Waals surface area (Å²) in [6, 6.07) is 3.71. The summed E-state index contributed by atoms with van der Waals surface area (Å²) in [6.07, 6.45) is 1.62. The molecule has 2 saturated carbocycles. The molecule has 0 radical (unpaired) electrons. The van der Waals surface area contributed by atoms with Gasteiger partial charge in [0, 0.05) is 37.2 Å². The average molecular weight is 605 g/mol. The van der Waals surface area contributed by atoms with E-state index in [1.807, 2.05) is 13.8 Å². The molecular weight excluding hydrogens is 570 g/mol. The van der Waals surface area contributed by atoms with Gasteiger partial charge in [0.2, 0.25) is 0 Å². The Hall–Kier alpha value is -2.94. The second kappa shape index (κ2) is 11.6. The number of hydrogen-bond donors (Lipinski definition) is 2. The van der Waals surface area contributed by atoms with Crippen molar-refractivity contribution < 1.29 is 32.9 Å². The van der Waals surface area contributed by atoms with Crippen LogP contribution in [0.2, 0.25) is 0 Å². The third-order valence-corrected chi connectivity index (χ3v) is 8.84. The van der Waals surface area contributed by atoms with Gasteiger partial charge in [-0.15, -0.1) is 5.10 Å². The molecule has 1 aromatic carbocycles. The van der Waals surface area contributed by atoms with Gasteiger partial charge in [-0.2, -0.15) is 0 Å². The molecule has 1 saturated heterocycles. The number of carboxylic acid groups (broad SMARTS) is 1. The standard InChI is InChI=1S/C28H34F2N6O5S/c1-4-10-42-27-32-25(31-18-12-15(18)14-7-8-16(29)17(30)11-14)22-26(33-27)36(35-34-22)19-13-20(39-9-5-6-21(37)38)24-23(19)40-28(2,3)41-24/h7-8,11,15,18-20,23-24H,4-6,9-10,12-13H2,1-3H3,(H,37,38)(H,31,32,33)/t15-,18+,19+,20-,23-,24+/m0/s1. The summed E-state index contributed by atoms with van der Waals surface area (Å²) >= 11 is 1.54. The minimum atomic E-state index is -0.863. The van der Waals surface area contributed by atoms with Gasteiger partial charge in [-0.05, 0) is 50.8 Å². The lowest BCUT2D eigenvalue weighted by Crippen LogP contribution is -2.31. The Labute approximate surface area is 245 Å². The molecule has 1 aliphatic heterocycles. The van der Waals surface area contributed by atoms with Crippen molar-refractivity contribution in [2.45, 2.75) is 100 Å². The zero-order valence-electron chi connectivity index (χ0n) is 23.6. The van der Waals surface area contributed by atoms with Crippen molar-refractivity contribution in [1.82, 2.24) is 25.0 Å². The number of anilines is 1. The number of rotatable bonds is 12. The van der Waals surface area contributed by atoms with Gasteiger partial charge in [-0.3, -0.25) is 4.79 Å². The number of ether oxygens (including phenoxy) is 3. The summed E-state index contributed by atoms with van der Waals surface area (Å²) in [5, 5.41) is 22.0. The van der Waals surface area contributed by atoms with Gasteiger partial charge in [0.15, 0.2) is 39.6 Å². The van der Waals surface area contributed by atoms with E-state index in [0.717, 1.165) is 30.2 Å². The van der Waals surface area contributed by atoms with Gasteiger partial charge < -0.3 is 24.6 Å². The first-order chi connectivity index (χ1) is 20.1. The smallest absolute Gasteiger partial charge is 0.303 e. The van der Waals surface area contributed by atoms with Gasteiger partial charge in [0.1, 0.15) is 12.2 Å². The van der Waals surface area contributed by atoms with Crippen LogP contribution in [0.25, 0.3) is 11.2 Å². The normalized spacial score (nSPS) is 27.8. The van der Waals surface area contributed by atoms with E-state index in [2.05, 4.69) is 22.6 Å². The Morgan fingerprint density at radius 1 is 1.21 bits per heavy atom. The zero-order chi connectivity index (χ0) is 29.6. The number of benzene rings is 1. The second-order valence-corrected chi connectivity index (χ2v) is 12.5. The molecule has 0 unspecified atom stereocenters. The number of aliphatic carboxylic acids is 1. The number of nitrogens with zero attached hydrogens (tertiary/aromatic N) is 5. The number of hydrogen-bond acceptors (Lipinski definition) is 10. The van der Waals surface area contributed by atoms with E-state index in [-0.39, 0.29) is 42.7 Å². The van der Waals surface area contributed by atoms with Crippen LogP contribution in [0.5, 0.6) is 0 Å². The Balaban J connectivity index is 1.27. The number of fused-ring (bicyclic) bond motifs is 2. The van der Waals surface area contributed by atoms with Crippen LogP contribution in [0.3, 0.4) is 0 Å². The van der Waals surface area contributed by atoms with Crippen LogP contribution in [0.4, 0.5) is 14.6 Å². The van der Waals surface area contributed by atoms with E-state index in [4.69, 9.17) is 29.3 Å². The lowest BCUT2D eigenvalue weighted by Gasteiger charge is -2.23. The van der Waals surface area contributed by atoms with E-state index in [9.17, 15) is 13.6 Å². The van der Waals surface area contributed by atoms with Crippen molar-refractivity contribution in [1.29, 1.82) is 0 Å². The maximum Gasteiger partial charge on any atom is 0.303 e. The summed E-state index contributed by atoms with van der Waals surface area (Å²) in [5.41, 5.74) is 1.79. The number of thioether (sulfide) groups is 1. The molecule has 2 aromatic heterocycles. The maximum absolute atomic E-state index is 13.8. The Morgan fingerprint density at radius 3 is 2.79 bits per heavy atom. The summed E-state index contributed by atoms with van der Waals surface area (Å²) < 4.78 is 47.7. The van der Waals surface area contributed by atoms with Crippen LogP contribution in [-0.4, -0.2) is 78.5 Å². The molecule has 42 heavy (non-hydrogen) atoms. The number of halogens is 2. The summed E-state index contributed by atoms with van der Waals surface area (Å²) in [5.74, 6) is -2.01. The molecule has 3 fully saturated rings. The minimum absolute atomic E-state index is 0.0195. The molecule has 3 aliphatic rings. The first-order valence-corrected chi connectivity index (χ1v) is 15.3. The molecule has 6 rings (SSSR count). The van der Waals surface area contributed by atoms with Crippen molar-refractivity contribution in [2.75, 3.05) is 17.7 Å². The van der Waals surface area contributed by atoms with Crippen LogP contribution in [0.1, 0.15) is 70.4 Å². The van der Waals surface area contributed by atoms with Crippen LogP contribution in [0, 0.1) is 11.6 Å². The molecule has 14 heteroatoms. The highest BCUT2D eigenvalue weighted by Gasteiger charge is 2.56. The molecule has 11 nitrogen and oxygen atoms in total. The fraction of sp³-hybridized carbons (Fsp3) is 0.607. The third-order valence-electron chi connectivity index (χ3n) is 7.79. The predicted molar refractivity (Wildman–Crippen MR) is 149 cm³/mol. The van der Waals surface area contributed by atoms with Crippen LogP contribution >= 0.6 is 11.8 Å². The Morgan fingerprint density at radius 2 is 2.02 bits per heavy atom. The largest absolute Gasteiger partial charge is 0.481 e. The monoisotopic (exact) mass is 604 g/mol. The lowest BCUT2D eigenvalue weighted by atomic mass is 10.1. The van der Waals surface area contributed by atoms with Gasteiger partial charge in [-0.25, -0.2) is 23.4 Å². The maximum atomic E-state index is 13.8. The van der Waals surface area contributed by atoms with Crippen LogP contribution < -0.4 is 5.32 Å². The summed E-state index contributed by atoms with van der Waals surface area (Å²) in [4.78, 5) is 20.5. The van der Waals surface area contributed by atoms with Crippen LogP contribution in [0.15, 0.2) is 23.4 Å². The molecular formula is C28H34F2N6O5S. The van der Waals surface area contributed by atoms with E-state index >= 15 is 0 Å². The molecule has 3 heterocycles. The van der Waals surface area contributed by atoms with Crippen LogP contribution in [-0.2, 0) is 19.0 Å². The molecule has 3 aromatic rings. The molecule has 2 aliphatic carbocycles. The van der Waals surface area contributed by atoms with Crippen molar-refractivity contribution in [2.24, 2.45) is 0 Å². The first kappa shape index (κ1) is 29.1. The fourth-order valence-electron chi connectivity index (χ4n) is 5.80. The quantitative estimate of drug-likeness (QED) is 0.170. The van der Waals surface area contributed by atoms with Gasteiger partial charge in [-0.1, -0.05) is 30.0 Å². The molecule has 226 valence electrons. The van der Waals surface area contributed by atoms with Crippen molar-refractivity contribution in [3.05, 3.63) is 35.4 Å². The molecule has 0 spiro atoms. The lowest BCUT2D eigenvalue weighted by molar-refractivity contribution is -0.170.